The van der Waals surface area contributed by atoms with Crippen LogP contribution < -0.4 is 10.1 Å². The molecule has 1 N–H and O–H groups in total. The largest absolute Gasteiger partial charge is 0.476 e. The SMILES string of the molecule is CCOC(C)n1cc(-c2ncn3nc(N[C@@H](C)CF)nc3c2OC2CCCC2=O)cn1. The lowest BCUT2D eigenvalue weighted by Crippen LogP contribution is -2.22. The van der Waals surface area contributed by atoms with Gasteiger partial charge in [0, 0.05) is 24.8 Å². The van der Waals surface area contributed by atoms with Crippen LogP contribution in [0.25, 0.3) is 16.9 Å². The minimum atomic E-state index is -0.559. The standard InChI is InChI=1S/C20H26FN7O3/c1-4-30-13(3)27-10-14(9-23-27)17-18(31-16-7-5-6-15(16)29)19-25-20(24-12(2)8-21)26-28(19)11-22-17/h9-13,16H,4-8H2,1-3H3,(H,24,26)/t12-,13?,16?/m0/s1. The summed E-state index contributed by atoms with van der Waals surface area (Å²) in [6.45, 7) is 5.51. The Labute approximate surface area is 178 Å². The van der Waals surface area contributed by atoms with Gasteiger partial charge in [-0.3, -0.25) is 4.79 Å². The number of nitrogens with one attached hydrogen (secondary N) is 1. The molecule has 11 heteroatoms. The molecule has 0 radical (unpaired) electrons. The van der Waals surface area contributed by atoms with Crippen LogP contribution in [-0.4, -0.2) is 60.6 Å². The van der Waals surface area contributed by atoms with Crippen molar-refractivity contribution in [3.8, 4) is 17.0 Å². The lowest BCUT2D eigenvalue weighted by Gasteiger charge is -2.15. The number of fused-ring (bicyclic) bond motifs is 1. The molecule has 2 unspecified atom stereocenters. The van der Waals surface area contributed by atoms with Gasteiger partial charge in [-0.05, 0) is 33.6 Å². The van der Waals surface area contributed by atoms with E-state index in [1.54, 1.807) is 17.8 Å². The number of Topliss-reactive ketones (excluding diaryl/α,β-unsaturated/α-hetero) is 1. The van der Waals surface area contributed by atoms with Gasteiger partial charge in [0.2, 0.25) is 11.6 Å². The molecule has 1 fully saturated rings. The Balaban J connectivity index is 1.76. The van der Waals surface area contributed by atoms with Gasteiger partial charge in [-0.2, -0.15) is 14.6 Å². The van der Waals surface area contributed by atoms with Crippen molar-refractivity contribution in [1.82, 2.24) is 29.4 Å². The number of hydrogen-bond acceptors (Lipinski definition) is 8. The second kappa shape index (κ2) is 8.96. The Kier molecular flexibility index (Phi) is 6.12. The van der Waals surface area contributed by atoms with Crippen LogP contribution in [0.3, 0.4) is 0 Å². The van der Waals surface area contributed by atoms with Gasteiger partial charge in [-0.15, -0.1) is 5.10 Å². The number of halogens is 1. The van der Waals surface area contributed by atoms with Crippen molar-refractivity contribution in [2.75, 3.05) is 18.6 Å². The molecule has 0 aliphatic heterocycles. The first-order valence-corrected chi connectivity index (χ1v) is 10.4. The third kappa shape index (κ3) is 4.36. The van der Waals surface area contributed by atoms with Crippen LogP contribution in [0.2, 0.25) is 0 Å². The number of ether oxygens (including phenoxy) is 2. The van der Waals surface area contributed by atoms with E-state index in [0.29, 0.717) is 42.1 Å². The molecule has 0 amide bonds. The lowest BCUT2D eigenvalue weighted by atomic mass is 10.2. The van der Waals surface area contributed by atoms with E-state index in [0.717, 1.165) is 6.42 Å². The molecule has 1 aliphatic carbocycles. The van der Waals surface area contributed by atoms with Crippen LogP contribution in [0.1, 0.15) is 46.3 Å². The summed E-state index contributed by atoms with van der Waals surface area (Å²) in [4.78, 5) is 21.2. The molecule has 0 saturated heterocycles. The van der Waals surface area contributed by atoms with E-state index < -0.39 is 18.8 Å². The number of alkyl halides is 1. The minimum absolute atomic E-state index is 0.0533. The molecule has 3 heterocycles. The fourth-order valence-corrected chi connectivity index (χ4v) is 3.50. The molecular formula is C20H26FN7O3. The van der Waals surface area contributed by atoms with Crippen LogP contribution >= 0.6 is 0 Å². The third-order valence-corrected chi connectivity index (χ3v) is 5.12. The molecule has 0 aromatic carbocycles. The minimum Gasteiger partial charge on any atom is -0.476 e. The van der Waals surface area contributed by atoms with Crippen molar-refractivity contribution in [2.24, 2.45) is 0 Å². The van der Waals surface area contributed by atoms with E-state index in [-0.39, 0.29) is 18.0 Å². The highest BCUT2D eigenvalue weighted by molar-refractivity contribution is 5.86. The van der Waals surface area contributed by atoms with Gasteiger partial charge in [-0.1, -0.05) is 0 Å². The zero-order valence-electron chi connectivity index (χ0n) is 17.8. The number of nitrogens with zero attached hydrogens (tertiary/aromatic N) is 6. The van der Waals surface area contributed by atoms with Gasteiger partial charge in [0.1, 0.15) is 24.9 Å². The van der Waals surface area contributed by atoms with Gasteiger partial charge in [0.15, 0.2) is 17.6 Å². The van der Waals surface area contributed by atoms with E-state index in [2.05, 4.69) is 25.5 Å². The predicted octanol–water partition coefficient (Wildman–Crippen LogP) is 2.81. The van der Waals surface area contributed by atoms with Crippen LogP contribution in [0.5, 0.6) is 5.75 Å². The van der Waals surface area contributed by atoms with Crippen LogP contribution in [-0.2, 0) is 9.53 Å². The number of anilines is 1. The summed E-state index contributed by atoms with van der Waals surface area (Å²) in [6.07, 6.45) is 6.10. The van der Waals surface area contributed by atoms with Crippen LogP contribution in [0.15, 0.2) is 18.7 Å². The second-order valence-corrected chi connectivity index (χ2v) is 7.55. The molecule has 166 valence electrons. The summed E-state index contributed by atoms with van der Waals surface area (Å²) in [5.41, 5.74) is 1.59. The summed E-state index contributed by atoms with van der Waals surface area (Å²) < 4.78 is 27.8. The Morgan fingerprint density at radius 3 is 2.94 bits per heavy atom. The lowest BCUT2D eigenvalue weighted by molar-refractivity contribution is -0.123. The molecule has 10 nitrogen and oxygen atoms in total. The smallest absolute Gasteiger partial charge is 0.243 e. The first-order valence-electron chi connectivity index (χ1n) is 10.4. The number of hydrogen-bond donors (Lipinski definition) is 1. The monoisotopic (exact) mass is 431 g/mol. The Hall–Kier alpha value is -3.08. The van der Waals surface area contributed by atoms with Crippen molar-refractivity contribution in [1.29, 1.82) is 0 Å². The molecular weight excluding hydrogens is 405 g/mol. The predicted molar refractivity (Wildman–Crippen MR) is 111 cm³/mol. The first kappa shape index (κ1) is 21.2. The Morgan fingerprint density at radius 1 is 1.39 bits per heavy atom. The maximum Gasteiger partial charge on any atom is 0.243 e. The maximum atomic E-state index is 12.9. The van der Waals surface area contributed by atoms with Crippen molar-refractivity contribution in [2.45, 2.75) is 58.4 Å². The average molecular weight is 431 g/mol. The summed E-state index contributed by atoms with van der Waals surface area (Å²) in [7, 11) is 0. The van der Waals surface area contributed by atoms with Crippen LogP contribution in [0.4, 0.5) is 10.3 Å². The molecule has 1 aliphatic rings. The molecule has 0 spiro atoms. The van der Waals surface area contributed by atoms with E-state index in [4.69, 9.17) is 9.47 Å². The zero-order chi connectivity index (χ0) is 22.0. The highest BCUT2D eigenvalue weighted by Crippen LogP contribution is 2.34. The van der Waals surface area contributed by atoms with Crippen molar-refractivity contribution in [3.05, 3.63) is 18.7 Å². The molecule has 1 saturated carbocycles. The summed E-state index contributed by atoms with van der Waals surface area (Å²) in [5.74, 6) is 0.657. The van der Waals surface area contributed by atoms with E-state index in [1.165, 1.54) is 10.8 Å². The Bertz CT molecular complexity index is 1070. The van der Waals surface area contributed by atoms with Gasteiger partial charge in [-0.25, -0.2) is 14.1 Å². The van der Waals surface area contributed by atoms with Crippen molar-refractivity contribution >= 4 is 17.4 Å². The van der Waals surface area contributed by atoms with Crippen molar-refractivity contribution in [3.63, 3.8) is 0 Å². The van der Waals surface area contributed by atoms with Gasteiger partial charge in [0.05, 0.1) is 12.2 Å². The van der Waals surface area contributed by atoms with E-state index in [9.17, 15) is 9.18 Å². The number of rotatable bonds is 9. The summed E-state index contributed by atoms with van der Waals surface area (Å²) >= 11 is 0. The summed E-state index contributed by atoms with van der Waals surface area (Å²) in [6, 6.07) is -0.441. The average Bonchev–Trinajstić information content (AvgIpc) is 3.48. The van der Waals surface area contributed by atoms with E-state index in [1.807, 2.05) is 20.0 Å². The van der Waals surface area contributed by atoms with Gasteiger partial charge < -0.3 is 14.8 Å². The van der Waals surface area contributed by atoms with E-state index >= 15 is 0 Å². The zero-order valence-corrected chi connectivity index (χ0v) is 17.8. The highest BCUT2D eigenvalue weighted by Gasteiger charge is 2.29. The summed E-state index contributed by atoms with van der Waals surface area (Å²) in [5, 5.41) is 11.6. The van der Waals surface area contributed by atoms with Gasteiger partial charge >= 0.3 is 0 Å². The number of ketones is 1. The molecule has 3 aromatic rings. The molecule has 4 rings (SSSR count). The quantitative estimate of drug-likeness (QED) is 0.551. The van der Waals surface area contributed by atoms with Crippen LogP contribution in [0, 0.1) is 0 Å². The molecule has 3 aromatic heterocycles. The fraction of sp³-hybridized carbons (Fsp3) is 0.550. The fourth-order valence-electron chi connectivity index (χ4n) is 3.50. The number of carbonyl (C=O) groups excluding carboxylic acids is 1. The molecule has 0 bridgehead atoms. The normalized spacial score (nSPS) is 18.5. The number of aromatic nitrogens is 6. The maximum absolute atomic E-state index is 12.9. The highest BCUT2D eigenvalue weighted by atomic mass is 19.1. The Morgan fingerprint density at radius 2 is 2.23 bits per heavy atom. The molecule has 3 atom stereocenters. The van der Waals surface area contributed by atoms with Crippen molar-refractivity contribution < 1.29 is 18.7 Å². The second-order valence-electron chi connectivity index (χ2n) is 7.55. The first-order chi connectivity index (χ1) is 15.0. The number of carbonyl (C=O) groups is 1. The third-order valence-electron chi connectivity index (χ3n) is 5.12. The molecule has 31 heavy (non-hydrogen) atoms. The topological polar surface area (TPSA) is 108 Å². The van der Waals surface area contributed by atoms with Gasteiger partial charge in [0.25, 0.3) is 0 Å².